The zero-order valence-corrected chi connectivity index (χ0v) is 14.8. The van der Waals surface area contributed by atoms with Gasteiger partial charge in [-0.2, -0.15) is 5.26 Å². The van der Waals surface area contributed by atoms with E-state index in [1.807, 2.05) is 19.1 Å². The van der Waals surface area contributed by atoms with Crippen molar-refractivity contribution in [3.8, 4) is 17.6 Å². The van der Waals surface area contributed by atoms with E-state index in [0.29, 0.717) is 27.8 Å². The summed E-state index contributed by atoms with van der Waals surface area (Å²) in [6, 6.07) is 12.3. The number of hydrogen-bond donors (Lipinski definition) is 1. The Hall–Kier alpha value is -2.97. The minimum Gasteiger partial charge on any atom is -0.497 e. The molecule has 2 aromatic rings. The zero-order chi connectivity index (χ0) is 18.4. The summed E-state index contributed by atoms with van der Waals surface area (Å²) in [4.78, 5) is 12.4. The number of aryl methyl sites for hydroxylation is 1. The van der Waals surface area contributed by atoms with E-state index < -0.39 is 5.91 Å². The van der Waals surface area contributed by atoms with Crippen LogP contribution in [0.2, 0.25) is 5.02 Å². The molecular weight excluding hydrogens is 340 g/mol. The minimum atomic E-state index is -0.545. The Morgan fingerprint density at radius 2 is 2.00 bits per heavy atom. The third-order valence-electron chi connectivity index (χ3n) is 3.57. The second kappa shape index (κ2) is 8.22. The fourth-order valence-electron chi connectivity index (χ4n) is 2.21. The lowest BCUT2D eigenvalue weighted by Gasteiger charge is -2.10. The maximum Gasteiger partial charge on any atom is 0.266 e. The van der Waals surface area contributed by atoms with E-state index in [4.69, 9.17) is 21.1 Å². The number of amides is 1. The Balaban J connectivity index is 2.35. The molecule has 0 aliphatic carbocycles. The van der Waals surface area contributed by atoms with Crippen LogP contribution in [0.1, 0.15) is 11.1 Å². The van der Waals surface area contributed by atoms with Gasteiger partial charge in [-0.3, -0.25) is 4.79 Å². The normalized spacial score (nSPS) is 10.8. The molecule has 0 saturated heterocycles. The molecule has 1 amide bonds. The number of nitrogens with one attached hydrogen (secondary N) is 1. The molecule has 128 valence electrons. The summed E-state index contributed by atoms with van der Waals surface area (Å²) >= 11 is 6.11. The predicted molar refractivity (Wildman–Crippen MR) is 98.0 cm³/mol. The molecule has 6 heteroatoms. The first kappa shape index (κ1) is 18.4. The van der Waals surface area contributed by atoms with E-state index in [1.54, 1.807) is 37.4 Å². The van der Waals surface area contributed by atoms with Gasteiger partial charge in [0.1, 0.15) is 23.1 Å². The lowest BCUT2D eigenvalue weighted by molar-refractivity contribution is -0.112. The van der Waals surface area contributed by atoms with Gasteiger partial charge < -0.3 is 14.8 Å². The number of halogens is 1. The molecule has 0 saturated carbocycles. The van der Waals surface area contributed by atoms with Crippen LogP contribution in [0.3, 0.4) is 0 Å². The van der Waals surface area contributed by atoms with Gasteiger partial charge in [-0.25, -0.2) is 0 Å². The Bertz CT molecular complexity index is 849. The van der Waals surface area contributed by atoms with Crippen molar-refractivity contribution in [1.82, 2.24) is 0 Å². The molecule has 0 radical (unpaired) electrons. The molecule has 5 nitrogen and oxygen atoms in total. The van der Waals surface area contributed by atoms with Crippen molar-refractivity contribution < 1.29 is 14.3 Å². The number of nitriles is 1. The van der Waals surface area contributed by atoms with Gasteiger partial charge in [0.15, 0.2) is 0 Å². The minimum absolute atomic E-state index is 0.0669. The number of rotatable bonds is 5. The highest BCUT2D eigenvalue weighted by molar-refractivity contribution is 6.34. The van der Waals surface area contributed by atoms with Gasteiger partial charge in [-0.05, 0) is 36.8 Å². The van der Waals surface area contributed by atoms with Crippen LogP contribution in [0.5, 0.6) is 11.5 Å². The van der Waals surface area contributed by atoms with Gasteiger partial charge in [0.05, 0.1) is 24.9 Å². The summed E-state index contributed by atoms with van der Waals surface area (Å²) in [5.41, 5.74) is 1.81. The second-order valence-electron chi connectivity index (χ2n) is 5.16. The summed E-state index contributed by atoms with van der Waals surface area (Å²) in [7, 11) is 3.05. The van der Waals surface area contributed by atoms with Gasteiger partial charge in [-0.1, -0.05) is 23.7 Å². The van der Waals surface area contributed by atoms with E-state index >= 15 is 0 Å². The Kier molecular flexibility index (Phi) is 6.04. The first-order valence-electron chi connectivity index (χ1n) is 7.40. The number of carbonyl (C=O) groups excluding carboxylic acids is 1. The molecular formula is C19H17ClN2O3. The van der Waals surface area contributed by atoms with E-state index in [1.165, 1.54) is 13.2 Å². The standard InChI is InChI=1S/C19H17ClN2O3/c1-12-5-4-6-16(20)18(12)22-19(23)14(11-21)9-13-7-8-15(24-2)10-17(13)25-3/h4-10H,1-3H3,(H,22,23). The number of carbonyl (C=O) groups is 1. The summed E-state index contributed by atoms with van der Waals surface area (Å²) in [5, 5.41) is 12.5. The molecule has 0 heterocycles. The monoisotopic (exact) mass is 356 g/mol. The molecule has 2 aromatic carbocycles. The maximum atomic E-state index is 12.4. The van der Waals surface area contributed by atoms with Crippen molar-refractivity contribution >= 4 is 29.3 Å². The summed E-state index contributed by atoms with van der Waals surface area (Å²) in [6.07, 6.45) is 1.46. The molecule has 2 rings (SSSR count). The van der Waals surface area contributed by atoms with Crippen molar-refractivity contribution in [1.29, 1.82) is 5.26 Å². The maximum absolute atomic E-state index is 12.4. The molecule has 0 aromatic heterocycles. The van der Waals surface area contributed by atoms with Crippen LogP contribution in [0, 0.1) is 18.3 Å². The van der Waals surface area contributed by atoms with Crippen LogP contribution in [0.25, 0.3) is 6.08 Å². The Labute approximate surface area is 151 Å². The number of anilines is 1. The van der Waals surface area contributed by atoms with Crippen LogP contribution in [0.4, 0.5) is 5.69 Å². The second-order valence-corrected chi connectivity index (χ2v) is 5.57. The van der Waals surface area contributed by atoms with Gasteiger partial charge in [-0.15, -0.1) is 0 Å². The highest BCUT2D eigenvalue weighted by Gasteiger charge is 2.14. The summed E-state index contributed by atoms with van der Waals surface area (Å²) in [6.45, 7) is 1.82. The van der Waals surface area contributed by atoms with E-state index in [-0.39, 0.29) is 5.57 Å². The fourth-order valence-corrected chi connectivity index (χ4v) is 2.48. The van der Waals surface area contributed by atoms with Crippen molar-refractivity contribution in [2.75, 3.05) is 19.5 Å². The molecule has 0 spiro atoms. The van der Waals surface area contributed by atoms with E-state index in [9.17, 15) is 10.1 Å². The van der Waals surface area contributed by atoms with Gasteiger partial charge in [0.25, 0.3) is 5.91 Å². The number of methoxy groups -OCH3 is 2. The SMILES string of the molecule is COc1ccc(C=C(C#N)C(=O)Nc2c(C)cccc2Cl)c(OC)c1. The summed E-state index contributed by atoms with van der Waals surface area (Å²) in [5.74, 6) is 0.564. The lowest BCUT2D eigenvalue weighted by atomic mass is 10.1. The molecule has 0 fully saturated rings. The molecule has 25 heavy (non-hydrogen) atoms. The third kappa shape index (κ3) is 4.31. The van der Waals surface area contributed by atoms with Crippen molar-refractivity contribution in [2.24, 2.45) is 0 Å². The average Bonchev–Trinajstić information content (AvgIpc) is 2.62. The number of nitrogens with zero attached hydrogens (tertiary/aromatic N) is 1. The number of hydrogen-bond acceptors (Lipinski definition) is 4. The van der Waals surface area contributed by atoms with Gasteiger partial charge in [0.2, 0.25) is 0 Å². The number of benzene rings is 2. The summed E-state index contributed by atoms with van der Waals surface area (Å²) < 4.78 is 10.4. The van der Waals surface area contributed by atoms with Crippen LogP contribution in [-0.2, 0) is 4.79 Å². The Morgan fingerprint density at radius 1 is 1.24 bits per heavy atom. The lowest BCUT2D eigenvalue weighted by Crippen LogP contribution is -2.14. The molecule has 0 aliphatic heterocycles. The van der Waals surface area contributed by atoms with Crippen LogP contribution >= 0.6 is 11.6 Å². The Morgan fingerprint density at radius 3 is 2.60 bits per heavy atom. The van der Waals surface area contributed by atoms with Gasteiger partial charge in [0, 0.05) is 11.6 Å². The van der Waals surface area contributed by atoms with Crippen LogP contribution in [0.15, 0.2) is 42.0 Å². The van der Waals surface area contributed by atoms with Crippen LogP contribution < -0.4 is 14.8 Å². The van der Waals surface area contributed by atoms with Crippen LogP contribution in [-0.4, -0.2) is 20.1 Å². The van der Waals surface area contributed by atoms with Crippen molar-refractivity contribution in [3.05, 3.63) is 58.1 Å². The topological polar surface area (TPSA) is 71.3 Å². The molecule has 0 bridgehead atoms. The van der Waals surface area contributed by atoms with Crippen molar-refractivity contribution in [3.63, 3.8) is 0 Å². The quantitative estimate of drug-likeness (QED) is 0.643. The zero-order valence-electron chi connectivity index (χ0n) is 14.1. The highest BCUT2D eigenvalue weighted by atomic mass is 35.5. The van der Waals surface area contributed by atoms with Gasteiger partial charge >= 0.3 is 0 Å². The molecule has 0 atom stereocenters. The first-order valence-corrected chi connectivity index (χ1v) is 7.78. The first-order chi connectivity index (χ1) is 12.0. The highest BCUT2D eigenvalue weighted by Crippen LogP contribution is 2.28. The van der Waals surface area contributed by atoms with E-state index in [0.717, 1.165) is 5.56 Å². The molecule has 0 aliphatic rings. The largest absolute Gasteiger partial charge is 0.497 e. The molecule has 1 N–H and O–H groups in total. The smallest absolute Gasteiger partial charge is 0.266 e. The van der Waals surface area contributed by atoms with E-state index in [2.05, 4.69) is 5.32 Å². The molecule has 0 unspecified atom stereocenters. The third-order valence-corrected chi connectivity index (χ3v) is 3.88. The number of para-hydroxylation sites is 1. The average molecular weight is 357 g/mol. The predicted octanol–water partition coefficient (Wildman–Crippen LogP) is 4.21. The fraction of sp³-hybridized carbons (Fsp3) is 0.158. The van der Waals surface area contributed by atoms with Crippen molar-refractivity contribution in [2.45, 2.75) is 6.92 Å². The number of ether oxygens (including phenoxy) is 2.